The molecule has 3 aromatic rings. The molecule has 1 saturated carbocycles. The number of pyridine rings is 1. The molecule has 2 amide bonds. The molecule has 0 bridgehead atoms. The zero-order valence-corrected chi connectivity index (χ0v) is 17.5. The van der Waals surface area contributed by atoms with Crippen LogP contribution in [0.3, 0.4) is 0 Å². The van der Waals surface area contributed by atoms with Gasteiger partial charge in [0.1, 0.15) is 0 Å². The first kappa shape index (κ1) is 20.1. The SMILES string of the molecule is CCC(=O)N[C@H]1CC[C@@H](N(C)C(=O)c2ccc(-c3cnc4ccccc4c3)cc2)C1. The van der Waals surface area contributed by atoms with Gasteiger partial charge in [0, 0.05) is 48.3 Å². The Morgan fingerprint density at radius 3 is 2.60 bits per heavy atom. The summed E-state index contributed by atoms with van der Waals surface area (Å²) in [5.41, 5.74) is 3.72. The number of carbonyl (C=O) groups is 2. The van der Waals surface area contributed by atoms with Crippen molar-refractivity contribution in [1.29, 1.82) is 0 Å². The van der Waals surface area contributed by atoms with Crippen LogP contribution in [-0.4, -0.2) is 40.8 Å². The van der Waals surface area contributed by atoms with Gasteiger partial charge in [-0.1, -0.05) is 37.3 Å². The van der Waals surface area contributed by atoms with Crippen LogP contribution in [0.2, 0.25) is 0 Å². The number of rotatable bonds is 5. The standard InChI is InChI=1S/C25H27N3O2/c1-3-24(29)27-21-12-13-22(15-21)28(2)25(30)18-10-8-17(9-11-18)20-14-19-6-4-5-7-23(19)26-16-20/h4-11,14,16,21-22H,3,12-13,15H2,1-2H3,(H,27,29)/t21-,22+/m0/s1. The van der Waals surface area contributed by atoms with Crippen LogP contribution in [0.25, 0.3) is 22.0 Å². The zero-order valence-electron chi connectivity index (χ0n) is 17.5. The molecule has 0 spiro atoms. The Kier molecular flexibility index (Phi) is 5.79. The van der Waals surface area contributed by atoms with E-state index in [2.05, 4.69) is 22.4 Å². The molecule has 1 aromatic heterocycles. The average Bonchev–Trinajstić information content (AvgIpc) is 3.26. The highest BCUT2D eigenvalue weighted by Gasteiger charge is 2.30. The molecule has 1 aliphatic rings. The third-order valence-electron chi connectivity index (χ3n) is 6.01. The average molecular weight is 402 g/mol. The fourth-order valence-electron chi connectivity index (χ4n) is 4.17. The first-order valence-electron chi connectivity index (χ1n) is 10.6. The molecule has 4 rings (SSSR count). The van der Waals surface area contributed by atoms with Crippen LogP contribution >= 0.6 is 0 Å². The van der Waals surface area contributed by atoms with E-state index in [4.69, 9.17) is 0 Å². The summed E-state index contributed by atoms with van der Waals surface area (Å²) in [6.45, 7) is 1.86. The highest BCUT2D eigenvalue weighted by atomic mass is 16.2. The summed E-state index contributed by atoms with van der Waals surface area (Å²) in [5.74, 6) is 0.0963. The normalized spacial score (nSPS) is 18.3. The van der Waals surface area contributed by atoms with E-state index in [1.54, 1.807) is 0 Å². The fraction of sp³-hybridized carbons (Fsp3) is 0.320. The van der Waals surface area contributed by atoms with Crippen LogP contribution in [0.5, 0.6) is 0 Å². The Labute approximate surface area is 177 Å². The first-order chi connectivity index (χ1) is 14.5. The van der Waals surface area contributed by atoms with Gasteiger partial charge in [-0.15, -0.1) is 0 Å². The van der Waals surface area contributed by atoms with Crippen molar-refractivity contribution in [3.05, 3.63) is 66.4 Å². The van der Waals surface area contributed by atoms with Crippen molar-refractivity contribution in [2.24, 2.45) is 0 Å². The molecule has 1 fully saturated rings. The predicted octanol–water partition coefficient (Wildman–Crippen LogP) is 4.42. The maximum Gasteiger partial charge on any atom is 0.253 e. The largest absolute Gasteiger partial charge is 0.353 e. The van der Waals surface area contributed by atoms with Gasteiger partial charge in [0.05, 0.1) is 5.52 Å². The number of amides is 2. The van der Waals surface area contributed by atoms with Gasteiger partial charge in [0.25, 0.3) is 5.91 Å². The number of benzene rings is 2. The van der Waals surface area contributed by atoms with E-state index in [0.717, 1.165) is 41.3 Å². The van der Waals surface area contributed by atoms with E-state index >= 15 is 0 Å². The molecule has 2 atom stereocenters. The fourth-order valence-corrected chi connectivity index (χ4v) is 4.17. The van der Waals surface area contributed by atoms with E-state index in [9.17, 15) is 9.59 Å². The van der Waals surface area contributed by atoms with Gasteiger partial charge in [-0.05, 0) is 49.1 Å². The van der Waals surface area contributed by atoms with Gasteiger partial charge in [-0.3, -0.25) is 14.6 Å². The van der Waals surface area contributed by atoms with Gasteiger partial charge in [0.2, 0.25) is 5.91 Å². The van der Waals surface area contributed by atoms with Crippen molar-refractivity contribution in [3.63, 3.8) is 0 Å². The molecule has 0 aliphatic heterocycles. The summed E-state index contributed by atoms with van der Waals surface area (Å²) in [6, 6.07) is 18.2. The third kappa shape index (κ3) is 4.20. The minimum absolute atomic E-state index is 0.0191. The molecule has 1 heterocycles. The van der Waals surface area contributed by atoms with Crippen molar-refractivity contribution in [1.82, 2.24) is 15.2 Å². The molecular weight excluding hydrogens is 374 g/mol. The molecule has 1 N–H and O–H groups in total. The van der Waals surface area contributed by atoms with Crippen molar-refractivity contribution < 1.29 is 9.59 Å². The number of aromatic nitrogens is 1. The Hall–Kier alpha value is -3.21. The topological polar surface area (TPSA) is 62.3 Å². The lowest BCUT2D eigenvalue weighted by molar-refractivity contribution is -0.121. The molecular formula is C25H27N3O2. The summed E-state index contributed by atoms with van der Waals surface area (Å²) in [5, 5.41) is 4.15. The van der Waals surface area contributed by atoms with Crippen LogP contribution < -0.4 is 5.32 Å². The first-order valence-corrected chi connectivity index (χ1v) is 10.6. The highest BCUT2D eigenvalue weighted by molar-refractivity contribution is 5.95. The van der Waals surface area contributed by atoms with Crippen molar-refractivity contribution in [3.8, 4) is 11.1 Å². The van der Waals surface area contributed by atoms with Crippen molar-refractivity contribution in [2.45, 2.75) is 44.7 Å². The van der Waals surface area contributed by atoms with Gasteiger partial charge in [-0.25, -0.2) is 0 Å². The van der Waals surface area contributed by atoms with E-state index < -0.39 is 0 Å². The summed E-state index contributed by atoms with van der Waals surface area (Å²) in [4.78, 5) is 30.9. The number of hydrogen-bond acceptors (Lipinski definition) is 3. The summed E-state index contributed by atoms with van der Waals surface area (Å²) in [6.07, 6.45) is 5.01. The molecule has 5 nitrogen and oxygen atoms in total. The number of hydrogen-bond donors (Lipinski definition) is 1. The minimum Gasteiger partial charge on any atom is -0.353 e. The number of para-hydroxylation sites is 1. The second-order valence-corrected chi connectivity index (χ2v) is 7.99. The number of nitrogens with zero attached hydrogens (tertiary/aromatic N) is 2. The summed E-state index contributed by atoms with van der Waals surface area (Å²) in [7, 11) is 1.86. The second kappa shape index (κ2) is 8.66. The maximum atomic E-state index is 13.0. The monoisotopic (exact) mass is 401 g/mol. The van der Waals surface area contributed by atoms with E-state index in [-0.39, 0.29) is 23.9 Å². The molecule has 154 valence electrons. The minimum atomic E-state index is 0.0191. The van der Waals surface area contributed by atoms with E-state index in [1.165, 1.54) is 0 Å². The lowest BCUT2D eigenvalue weighted by Crippen LogP contribution is -2.38. The molecule has 30 heavy (non-hydrogen) atoms. The quantitative estimate of drug-likeness (QED) is 0.688. The van der Waals surface area contributed by atoms with E-state index in [0.29, 0.717) is 12.0 Å². The summed E-state index contributed by atoms with van der Waals surface area (Å²) >= 11 is 0. The number of fused-ring (bicyclic) bond motifs is 1. The van der Waals surface area contributed by atoms with Gasteiger partial charge in [-0.2, -0.15) is 0 Å². The van der Waals surface area contributed by atoms with Crippen LogP contribution in [0.1, 0.15) is 43.0 Å². The molecule has 0 unspecified atom stereocenters. The third-order valence-corrected chi connectivity index (χ3v) is 6.01. The summed E-state index contributed by atoms with van der Waals surface area (Å²) < 4.78 is 0. The lowest BCUT2D eigenvalue weighted by atomic mass is 10.0. The molecule has 2 aromatic carbocycles. The van der Waals surface area contributed by atoms with Crippen LogP contribution in [0, 0.1) is 0 Å². The van der Waals surface area contributed by atoms with Crippen molar-refractivity contribution >= 4 is 22.7 Å². The lowest BCUT2D eigenvalue weighted by Gasteiger charge is -2.25. The van der Waals surface area contributed by atoms with Crippen LogP contribution in [-0.2, 0) is 4.79 Å². The highest BCUT2D eigenvalue weighted by Crippen LogP contribution is 2.26. The number of carbonyl (C=O) groups excluding carboxylic acids is 2. The molecule has 1 aliphatic carbocycles. The Balaban J connectivity index is 1.44. The molecule has 0 radical (unpaired) electrons. The van der Waals surface area contributed by atoms with Crippen molar-refractivity contribution in [2.75, 3.05) is 7.05 Å². The predicted molar refractivity (Wildman–Crippen MR) is 119 cm³/mol. The molecule has 0 saturated heterocycles. The van der Waals surface area contributed by atoms with Crippen LogP contribution in [0.15, 0.2) is 60.8 Å². The Morgan fingerprint density at radius 1 is 1.07 bits per heavy atom. The van der Waals surface area contributed by atoms with Gasteiger partial charge < -0.3 is 10.2 Å². The van der Waals surface area contributed by atoms with E-state index in [1.807, 2.05) is 67.5 Å². The smallest absolute Gasteiger partial charge is 0.253 e. The maximum absolute atomic E-state index is 13.0. The Morgan fingerprint density at radius 2 is 1.83 bits per heavy atom. The molecule has 5 heteroatoms. The van der Waals surface area contributed by atoms with Gasteiger partial charge >= 0.3 is 0 Å². The Bertz CT molecular complexity index is 1060. The second-order valence-electron chi connectivity index (χ2n) is 7.99. The number of nitrogens with one attached hydrogen (secondary N) is 1. The zero-order chi connectivity index (χ0) is 21.1. The van der Waals surface area contributed by atoms with Gasteiger partial charge in [0.15, 0.2) is 0 Å². The van der Waals surface area contributed by atoms with Crippen LogP contribution in [0.4, 0.5) is 0 Å².